The Hall–Kier alpha value is -2.02. The van der Waals surface area contributed by atoms with Crippen LogP contribution >= 0.6 is 0 Å². The summed E-state index contributed by atoms with van der Waals surface area (Å²) < 4.78 is 0. The number of rotatable bonds is 4. The summed E-state index contributed by atoms with van der Waals surface area (Å²) in [4.78, 5) is 35.6. The first-order valence-electron chi connectivity index (χ1n) is 11.8. The van der Waals surface area contributed by atoms with Crippen molar-refractivity contribution in [1.29, 1.82) is 0 Å². The Morgan fingerprint density at radius 3 is 2.52 bits per heavy atom. The molecule has 0 radical (unpaired) electrons. The van der Waals surface area contributed by atoms with Crippen LogP contribution in [0.2, 0.25) is 0 Å². The number of hydrogen-bond acceptors (Lipinski definition) is 5. The van der Waals surface area contributed by atoms with Gasteiger partial charge in [-0.3, -0.25) is 9.59 Å². The Labute approximate surface area is 185 Å². The van der Waals surface area contributed by atoms with Crippen molar-refractivity contribution < 1.29 is 14.7 Å². The topological polar surface area (TPSA) is 95.4 Å². The lowest BCUT2D eigenvalue weighted by atomic mass is 9.51. The molecule has 0 bridgehead atoms. The van der Waals surface area contributed by atoms with Gasteiger partial charge in [0.1, 0.15) is 6.33 Å². The molecule has 2 saturated carbocycles. The molecule has 7 nitrogen and oxygen atoms in total. The number of aromatic nitrogens is 2. The Balaban J connectivity index is 1.48. The van der Waals surface area contributed by atoms with Gasteiger partial charge in [-0.15, -0.1) is 0 Å². The molecule has 1 aromatic rings. The number of amides is 2. The van der Waals surface area contributed by atoms with Gasteiger partial charge in [0.15, 0.2) is 0 Å². The summed E-state index contributed by atoms with van der Waals surface area (Å²) in [5, 5.41) is 14.7. The minimum atomic E-state index is -0.532. The molecular formula is C24H36N4O3. The highest BCUT2D eigenvalue weighted by Crippen LogP contribution is 2.55. The number of likely N-dealkylation sites (tertiary alicyclic amines) is 1. The lowest BCUT2D eigenvalue weighted by Crippen LogP contribution is -2.58. The fraction of sp³-hybridized carbons (Fsp3) is 0.750. The van der Waals surface area contributed by atoms with Gasteiger partial charge in [-0.25, -0.2) is 9.97 Å². The number of carbonyl (C=O) groups is 2. The first-order valence-corrected chi connectivity index (χ1v) is 11.8. The Morgan fingerprint density at radius 2 is 1.84 bits per heavy atom. The Morgan fingerprint density at radius 1 is 1.19 bits per heavy atom. The molecule has 2 heterocycles. The van der Waals surface area contributed by atoms with E-state index in [4.69, 9.17) is 0 Å². The molecular weight excluding hydrogens is 392 g/mol. The smallest absolute Gasteiger partial charge is 0.254 e. The van der Waals surface area contributed by atoms with Crippen LogP contribution in [0, 0.1) is 29.1 Å². The molecule has 2 amide bonds. The van der Waals surface area contributed by atoms with E-state index in [1.807, 2.05) is 11.8 Å². The zero-order valence-electron chi connectivity index (χ0n) is 19.0. The molecule has 3 fully saturated rings. The maximum absolute atomic E-state index is 13.0. The van der Waals surface area contributed by atoms with Crippen molar-refractivity contribution in [3.05, 3.63) is 24.3 Å². The molecule has 0 spiro atoms. The van der Waals surface area contributed by atoms with Crippen molar-refractivity contribution in [2.45, 2.75) is 71.4 Å². The van der Waals surface area contributed by atoms with E-state index < -0.39 is 6.10 Å². The fourth-order valence-corrected chi connectivity index (χ4v) is 6.57. The zero-order chi connectivity index (χ0) is 22.2. The van der Waals surface area contributed by atoms with Crippen molar-refractivity contribution in [3.8, 4) is 0 Å². The van der Waals surface area contributed by atoms with E-state index in [1.54, 1.807) is 0 Å². The number of aliphatic hydroxyl groups excluding tert-OH is 1. The molecule has 7 heteroatoms. The van der Waals surface area contributed by atoms with Crippen LogP contribution in [-0.4, -0.2) is 57.0 Å². The predicted molar refractivity (Wildman–Crippen MR) is 117 cm³/mol. The summed E-state index contributed by atoms with van der Waals surface area (Å²) in [5.74, 6) is 0.0280. The summed E-state index contributed by atoms with van der Waals surface area (Å²) >= 11 is 0. The average Bonchev–Trinajstić information content (AvgIpc) is 3.30. The SMILES string of the molecule is C[C@H]1[C@@H]2[C@@H](O)[C@@H]([C@H](C)C(=O)N3CCCC3)CC[C@@]2(C)CC[C@@H]1NC(=O)c1cncnc1. The number of nitrogens with one attached hydrogen (secondary N) is 1. The van der Waals surface area contributed by atoms with E-state index in [2.05, 4.69) is 29.1 Å². The first-order chi connectivity index (χ1) is 14.8. The number of hydrogen-bond donors (Lipinski definition) is 2. The highest BCUT2D eigenvalue weighted by atomic mass is 16.3. The second kappa shape index (κ2) is 8.85. The lowest BCUT2D eigenvalue weighted by Gasteiger charge is -2.56. The largest absolute Gasteiger partial charge is 0.392 e. The highest BCUT2D eigenvalue weighted by Gasteiger charge is 2.54. The van der Waals surface area contributed by atoms with Gasteiger partial charge >= 0.3 is 0 Å². The average molecular weight is 429 g/mol. The predicted octanol–water partition coefficient (Wildman–Crippen LogP) is 2.66. The van der Waals surface area contributed by atoms with Crippen LogP contribution in [0.25, 0.3) is 0 Å². The van der Waals surface area contributed by atoms with Crippen molar-refractivity contribution in [2.24, 2.45) is 29.1 Å². The third-order valence-corrected chi connectivity index (χ3v) is 8.48. The van der Waals surface area contributed by atoms with Crippen LogP contribution in [0.4, 0.5) is 0 Å². The van der Waals surface area contributed by atoms with E-state index in [0.717, 1.165) is 51.6 Å². The summed E-state index contributed by atoms with van der Waals surface area (Å²) in [7, 11) is 0. The van der Waals surface area contributed by atoms with Gasteiger partial charge in [0, 0.05) is 37.4 Å². The second-order valence-corrected chi connectivity index (χ2v) is 10.3. The number of nitrogens with zero attached hydrogens (tertiary/aromatic N) is 3. The van der Waals surface area contributed by atoms with Crippen molar-refractivity contribution >= 4 is 11.8 Å². The molecule has 170 valence electrons. The summed E-state index contributed by atoms with van der Waals surface area (Å²) in [6.45, 7) is 8.12. The zero-order valence-corrected chi connectivity index (χ0v) is 19.0. The fourth-order valence-electron chi connectivity index (χ4n) is 6.57. The van der Waals surface area contributed by atoms with E-state index in [-0.39, 0.29) is 46.9 Å². The lowest BCUT2D eigenvalue weighted by molar-refractivity contribution is -0.149. The van der Waals surface area contributed by atoms with Crippen LogP contribution < -0.4 is 5.32 Å². The quantitative estimate of drug-likeness (QED) is 0.769. The Kier molecular flexibility index (Phi) is 6.33. The van der Waals surface area contributed by atoms with Crippen molar-refractivity contribution in [1.82, 2.24) is 20.2 Å². The van der Waals surface area contributed by atoms with E-state index in [0.29, 0.717) is 5.56 Å². The molecule has 1 saturated heterocycles. The molecule has 0 unspecified atom stereocenters. The molecule has 7 atom stereocenters. The minimum absolute atomic E-state index is 0.0104. The molecule has 2 aliphatic carbocycles. The second-order valence-electron chi connectivity index (χ2n) is 10.3. The molecule has 3 aliphatic rings. The Bertz CT molecular complexity index is 797. The molecule has 0 aromatic carbocycles. The van der Waals surface area contributed by atoms with Gasteiger partial charge in [-0.05, 0) is 61.7 Å². The normalized spacial score (nSPS) is 36.5. The molecule has 4 rings (SSSR count). The number of aliphatic hydroxyl groups is 1. The maximum Gasteiger partial charge on any atom is 0.254 e. The first kappa shape index (κ1) is 22.2. The van der Waals surface area contributed by atoms with Gasteiger partial charge in [0.25, 0.3) is 5.91 Å². The van der Waals surface area contributed by atoms with Crippen LogP contribution in [-0.2, 0) is 4.79 Å². The van der Waals surface area contributed by atoms with Gasteiger partial charge in [-0.2, -0.15) is 0 Å². The van der Waals surface area contributed by atoms with E-state index in [9.17, 15) is 14.7 Å². The van der Waals surface area contributed by atoms with Gasteiger partial charge in [0.05, 0.1) is 11.7 Å². The monoisotopic (exact) mass is 428 g/mol. The maximum atomic E-state index is 13.0. The van der Waals surface area contributed by atoms with Crippen LogP contribution in [0.3, 0.4) is 0 Å². The summed E-state index contributed by atoms with van der Waals surface area (Å²) in [6.07, 6.45) is 9.87. The standard InChI is InChI=1S/C24H36N4O3/c1-15(23(31)28-10-4-5-11-28)18-6-8-24(3)9-7-19(16(2)20(24)21(18)29)27-22(30)17-12-25-14-26-13-17/h12-16,18-21,29H,4-11H2,1-3H3,(H,27,30)/t15-,16+,18+,19-,20+,21-,24-/m0/s1. The van der Waals surface area contributed by atoms with Gasteiger partial charge in [-0.1, -0.05) is 20.8 Å². The van der Waals surface area contributed by atoms with Crippen molar-refractivity contribution in [3.63, 3.8) is 0 Å². The number of carbonyl (C=O) groups excluding carboxylic acids is 2. The summed E-state index contributed by atoms with van der Waals surface area (Å²) in [5.41, 5.74) is 0.498. The van der Waals surface area contributed by atoms with Gasteiger partial charge < -0.3 is 15.3 Å². The van der Waals surface area contributed by atoms with Crippen LogP contribution in [0.5, 0.6) is 0 Å². The van der Waals surface area contributed by atoms with Crippen molar-refractivity contribution in [2.75, 3.05) is 13.1 Å². The minimum Gasteiger partial charge on any atom is -0.392 e. The number of fused-ring (bicyclic) bond motifs is 1. The van der Waals surface area contributed by atoms with Crippen LogP contribution in [0.1, 0.15) is 69.7 Å². The summed E-state index contributed by atoms with van der Waals surface area (Å²) in [6, 6.07) is -0.0104. The highest BCUT2D eigenvalue weighted by molar-refractivity contribution is 5.93. The van der Waals surface area contributed by atoms with E-state index in [1.165, 1.54) is 18.7 Å². The molecule has 1 aromatic heterocycles. The third kappa shape index (κ3) is 4.21. The third-order valence-electron chi connectivity index (χ3n) is 8.48. The van der Waals surface area contributed by atoms with E-state index >= 15 is 0 Å². The van der Waals surface area contributed by atoms with Gasteiger partial charge in [0.2, 0.25) is 5.91 Å². The molecule has 2 N–H and O–H groups in total. The molecule has 1 aliphatic heterocycles. The molecule has 31 heavy (non-hydrogen) atoms. The van der Waals surface area contributed by atoms with Crippen LogP contribution in [0.15, 0.2) is 18.7 Å².